The molecular formula is C14H21BrN2. The lowest BCUT2D eigenvalue weighted by atomic mass is 9.95. The summed E-state index contributed by atoms with van der Waals surface area (Å²) in [7, 11) is 0. The Labute approximate surface area is 112 Å². The van der Waals surface area contributed by atoms with Gasteiger partial charge in [-0.2, -0.15) is 0 Å². The molecule has 1 aliphatic heterocycles. The Kier molecular flexibility index (Phi) is 4.60. The minimum absolute atomic E-state index is 0.472. The number of nitrogens with zero attached hydrogens (tertiary/aromatic N) is 1. The molecule has 0 bridgehead atoms. The third-order valence-corrected chi connectivity index (χ3v) is 4.51. The predicted octanol–water partition coefficient (Wildman–Crippen LogP) is 3.18. The quantitative estimate of drug-likeness (QED) is 0.928. The van der Waals surface area contributed by atoms with E-state index in [-0.39, 0.29) is 0 Å². The first-order chi connectivity index (χ1) is 8.22. The van der Waals surface area contributed by atoms with Gasteiger partial charge in [-0.3, -0.25) is 4.90 Å². The summed E-state index contributed by atoms with van der Waals surface area (Å²) in [4.78, 5) is 2.56. The van der Waals surface area contributed by atoms with Crippen LogP contribution in [0.3, 0.4) is 0 Å². The molecule has 1 heterocycles. The van der Waals surface area contributed by atoms with Crippen molar-refractivity contribution in [2.45, 2.75) is 25.8 Å². The minimum atomic E-state index is 0.472. The van der Waals surface area contributed by atoms with E-state index < -0.39 is 0 Å². The van der Waals surface area contributed by atoms with E-state index in [1.54, 1.807) is 0 Å². The molecule has 94 valence electrons. The molecule has 1 saturated heterocycles. The molecule has 2 atom stereocenters. The van der Waals surface area contributed by atoms with Gasteiger partial charge in [-0.15, -0.1) is 0 Å². The van der Waals surface area contributed by atoms with E-state index >= 15 is 0 Å². The zero-order valence-electron chi connectivity index (χ0n) is 10.4. The Balaban J connectivity index is 2.09. The van der Waals surface area contributed by atoms with Crippen LogP contribution >= 0.6 is 15.9 Å². The minimum Gasteiger partial charge on any atom is -0.330 e. The van der Waals surface area contributed by atoms with Crippen molar-refractivity contribution >= 4 is 15.9 Å². The lowest BCUT2D eigenvalue weighted by molar-refractivity contribution is 0.134. The molecule has 2 rings (SSSR count). The highest BCUT2D eigenvalue weighted by Gasteiger charge is 2.24. The second kappa shape index (κ2) is 5.98. The number of hydrogen-bond donors (Lipinski definition) is 1. The Morgan fingerprint density at radius 2 is 2.24 bits per heavy atom. The van der Waals surface area contributed by atoms with Gasteiger partial charge in [0.2, 0.25) is 0 Å². The van der Waals surface area contributed by atoms with Crippen LogP contribution in [0.5, 0.6) is 0 Å². The fourth-order valence-electron chi connectivity index (χ4n) is 2.65. The van der Waals surface area contributed by atoms with Crippen LogP contribution in [-0.2, 0) is 0 Å². The van der Waals surface area contributed by atoms with E-state index in [0.717, 1.165) is 13.1 Å². The summed E-state index contributed by atoms with van der Waals surface area (Å²) >= 11 is 3.64. The summed E-state index contributed by atoms with van der Waals surface area (Å²) in [6.07, 6.45) is 2.56. The van der Waals surface area contributed by atoms with Gasteiger partial charge < -0.3 is 5.73 Å². The van der Waals surface area contributed by atoms with Gasteiger partial charge in [0.1, 0.15) is 0 Å². The van der Waals surface area contributed by atoms with E-state index in [9.17, 15) is 0 Å². The van der Waals surface area contributed by atoms with Crippen LogP contribution in [0.25, 0.3) is 0 Å². The molecule has 0 radical (unpaired) electrons. The van der Waals surface area contributed by atoms with Crippen LogP contribution in [0.2, 0.25) is 0 Å². The average molecular weight is 297 g/mol. The lowest BCUT2D eigenvalue weighted by Crippen LogP contribution is -2.39. The Bertz CT molecular complexity index is 367. The van der Waals surface area contributed by atoms with E-state index in [2.05, 4.69) is 52.0 Å². The third kappa shape index (κ3) is 3.09. The van der Waals surface area contributed by atoms with Gasteiger partial charge in [0, 0.05) is 17.1 Å². The van der Waals surface area contributed by atoms with Crippen molar-refractivity contribution in [2.75, 3.05) is 19.6 Å². The second-order valence-corrected chi connectivity index (χ2v) is 5.79. The van der Waals surface area contributed by atoms with Crippen molar-refractivity contribution < 1.29 is 0 Å². The molecule has 0 saturated carbocycles. The summed E-state index contributed by atoms with van der Waals surface area (Å²) in [6, 6.07) is 8.98. The van der Waals surface area contributed by atoms with Crippen LogP contribution in [0.1, 0.15) is 31.4 Å². The van der Waals surface area contributed by atoms with Gasteiger partial charge in [-0.05, 0) is 50.4 Å². The zero-order chi connectivity index (χ0) is 12.3. The van der Waals surface area contributed by atoms with Crippen molar-refractivity contribution in [3.63, 3.8) is 0 Å². The zero-order valence-corrected chi connectivity index (χ0v) is 12.0. The SMILES string of the molecule is CC(c1ccccc1Br)N1CCCC(CN)C1. The molecule has 2 unspecified atom stereocenters. The first-order valence-electron chi connectivity index (χ1n) is 6.41. The highest BCUT2D eigenvalue weighted by Crippen LogP contribution is 2.30. The first-order valence-corrected chi connectivity index (χ1v) is 7.20. The van der Waals surface area contributed by atoms with E-state index in [4.69, 9.17) is 5.73 Å². The van der Waals surface area contributed by atoms with Crippen molar-refractivity contribution in [3.8, 4) is 0 Å². The van der Waals surface area contributed by atoms with Crippen LogP contribution in [0.4, 0.5) is 0 Å². The Morgan fingerprint density at radius 1 is 1.47 bits per heavy atom. The molecule has 0 aromatic heterocycles. The molecule has 2 nitrogen and oxygen atoms in total. The van der Waals surface area contributed by atoms with Crippen LogP contribution in [-0.4, -0.2) is 24.5 Å². The van der Waals surface area contributed by atoms with Gasteiger partial charge in [-0.25, -0.2) is 0 Å². The topological polar surface area (TPSA) is 29.3 Å². The van der Waals surface area contributed by atoms with Crippen molar-refractivity contribution in [2.24, 2.45) is 11.7 Å². The maximum atomic E-state index is 5.80. The monoisotopic (exact) mass is 296 g/mol. The number of benzene rings is 1. The summed E-state index contributed by atoms with van der Waals surface area (Å²) < 4.78 is 1.21. The average Bonchev–Trinajstić information content (AvgIpc) is 2.38. The third-order valence-electron chi connectivity index (χ3n) is 3.79. The summed E-state index contributed by atoms with van der Waals surface area (Å²) in [6.45, 7) is 5.44. The number of likely N-dealkylation sites (tertiary alicyclic amines) is 1. The van der Waals surface area contributed by atoms with Gasteiger partial charge in [-0.1, -0.05) is 34.1 Å². The molecule has 1 aliphatic rings. The fraction of sp³-hybridized carbons (Fsp3) is 0.571. The number of nitrogens with two attached hydrogens (primary N) is 1. The molecular weight excluding hydrogens is 276 g/mol. The number of halogens is 1. The maximum absolute atomic E-state index is 5.80. The van der Waals surface area contributed by atoms with Crippen LogP contribution < -0.4 is 5.73 Å². The summed E-state index contributed by atoms with van der Waals surface area (Å²) in [5.41, 5.74) is 7.18. The van der Waals surface area contributed by atoms with Gasteiger partial charge >= 0.3 is 0 Å². The summed E-state index contributed by atoms with van der Waals surface area (Å²) in [5.74, 6) is 0.675. The predicted molar refractivity (Wildman–Crippen MR) is 75.9 cm³/mol. The maximum Gasteiger partial charge on any atom is 0.0331 e. The molecule has 0 spiro atoms. The lowest BCUT2D eigenvalue weighted by Gasteiger charge is -2.37. The molecule has 1 aromatic carbocycles. The number of hydrogen-bond acceptors (Lipinski definition) is 2. The second-order valence-electron chi connectivity index (χ2n) is 4.94. The normalized spacial score (nSPS) is 23.6. The highest BCUT2D eigenvalue weighted by molar-refractivity contribution is 9.10. The van der Waals surface area contributed by atoms with Crippen molar-refractivity contribution in [1.29, 1.82) is 0 Å². The molecule has 3 heteroatoms. The highest BCUT2D eigenvalue weighted by atomic mass is 79.9. The molecule has 0 amide bonds. The molecule has 0 aliphatic carbocycles. The Morgan fingerprint density at radius 3 is 2.94 bits per heavy atom. The van der Waals surface area contributed by atoms with Gasteiger partial charge in [0.15, 0.2) is 0 Å². The van der Waals surface area contributed by atoms with Crippen LogP contribution in [0.15, 0.2) is 28.7 Å². The van der Waals surface area contributed by atoms with E-state index in [1.165, 1.54) is 29.4 Å². The van der Waals surface area contributed by atoms with E-state index in [0.29, 0.717) is 12.0 Å². The number of rotatable bonds is 3. The van der Waals surface area contributed by atoms with E-state index in [1.807, 2.05) is 0 Å². The fourth-order valence-corrected chi connectivity index (χ4v) is 3.27. The van der Waals surface area contributed by atoms with Gasteiger partial charge in [0.25, 0.3) is 0 Å². The molecule has 2 N–H and O–H groups in total. The van der Waals surface area contributed by atoms with Crippen molar-refractivity contribution in [3.05, 3.63) is 34.3 Å². The largest absolute Gasteiger partial charge is 0.330 e. The number of piperidine rings is 1. The smallest absolute Gasteiger partial charge is 0.0331 e. The molecule has 1 fully saturated rings. The standard InChI is InChI=1S/C14H21BrN2/c1-11(13-6-2-3-7-14(13)15)17-8-4-5-12(9-16)10-17/h2-3,6-7,11-12H,4-5,8-10,16H2,1H3. The van der Waals surface area contributed by atoms with Crippen molar-refractivity contribution in [1.82, 2.24) is 4.90 Å². The first kappa shape index (κ1) is 13.1. The van der Waals surface area contributed by atoms with Crippen LogP contribution in [0, 0.1) is 5.92 Å². The molecule has 1 aromatic rings. The van der Waals surface area contributed by atoms with Gasteiger partial charge in [0.05, 0.1) is 0 Å². The Hall–Kier alpha value is -0.380. The summed E-state index contributed by atoms with van der Waals surface area (Å²) in [5, 5.41) is 0. The molecule has 17 heavy (non-hydrogen) atoms.